The first-order chi connectivity index (χ1) is 12.8. The Kier molecular flexibility index (Phi) is 5.69. The third-order valence-corrected chi connectivity index (χ3v) is 6.23. The lowest BCUT2D eigenvalue weighted by atomic mass is 9.88. The van der Waals surface area contributed by atoms with Crippen molar-refractivity contribution in [1.29, 1.82) is 0 Å². The van der Waals surface area contributed by atoms with Crippen molar-refractivity contribution in [2.75, 3.05) is 11.9 Å². The number of esters is 1. The Morgan fingerprint density at radius 1 is 1.44 bits per heavy atom. The zero-order valence-corrected chi connectivity index (χ0v) is 17.4. The van der Waals surface area contributed by atoms with Crippen molar-refractivity contribution in [2.45, 2.75) is 59.9 Å². The van der Waals surface area contributed by atoms with Crippen LogP contribution in [0.5, 0.6) is 0 Å². The summed E-state index contributed by atoms with van der Waals surface area (Å²) >= 11 is 1.51. The minimum Gasteiger partial charge on any atom is -0.462 e. The highest BCUT2D eigenvalue weighted by Crippen LogP contribution is 2.40. The summed E-state index contributed by atoms with van der Waals surface area (Å²) in [6.07, 6.45) is 4.71. The van der Waals surface area contributed by atoms with E-state index in [0.29, 0.717) is 23.1 Å². The van der Waals surface area contributed by atoms with Crippen LogP contribution in [0.3, 0.4) is 0 Å². The summed E-state index contributed by atoms with van der Waals surface area (Å²) in [5.74, 6) is 0.875. The lowest BCUT2D eigenvalue weighted by Gasteiger charge is -2.18. The highest BCUT2D eigenvalue weighted by Gasteiger charge is 2.30. The van der Waals surface area contributed by atoms with Gasteiger partial charge >= 0.3 is 5.97 Å². The van der Waals surface area contributed by atoms with Crippen LogP contribution in [0.25, 0.3) is 0 Å². The number of amides is 1. The molecule has 1 N–H and O–H groups in total. The number of carbonyl (C=O) groups excluding carboxylic acids is 2. The molecule has 0 aliphatic heterocycles. The van der Waals surface area contributed by atoms with Gasteiger partial charge in [0.05, 0.1) is 17.9 Å². The van der Waals surface area contributed by atoms with Gasteiger partial charge in [-0.1, -0.05) is 6.92 Å². The molecule has 2 atom stereocenters. The second-order valence-electron chi connectivity index (χ2n) is 7.28. The molecule has 0 fully saturated rings. The second kappa shape index (κ2) is 7.84. The molecular weight excluding hydrogens is 362 g/mol. The van der Waals surface area contributed by atoms with Crippen LogP contribution in [0.15, 0.2) is 6.20 Å². The average Bonchev–Trinajstić information content (AvgIpc) is 3.12. The van der Waals surface area contributed by atoms with Crippen molar-refractivity contribution < 1.29 is 14.3 Å². The van der Waals surface area contributed by atoms with Gasteiger partial charge in [0.1, 0.15) is 16.9 Å². The Morgan fingerprint density at radius 3 is 2.81 bits per heavy atom. The van der Waals surface area contributed by atoms with Gasteiger partial charge in [-0.05, 0) is 58.4 Å². The quantitative estimate of drug-likeness (QED) is 0.783. The number of carbonyl (C=O) groups is 2. The Morgan fingerprint density at radius 2 is 2.19 bits per heavy atom. The van der Waals surface area contributed by atoms with Crippen LogP contribution in [-0.2, 0) is 22.4 Å². The number of hydrogen-bond acceptors (Lipinski definition) is 5. The molecule has 0 radical (unpaired) electrons. The number of ether oxygens (including phenoxy) is 1. The van der Waals surface area contributed by atoms with Crippen molar-refractivity contribution in [3.05, 3.63) is 33.7 Å². The zero-order chi connectivity index (χ0) is 19.7. The van der Waals surface area contributed by atoms with Gasteiger partial charge in [0.2, 0.25) is 5.91 Å². The summed E-state index contributed by atoms with van der Waals surface area (Å²) in [4.78, 5) is 31.0. The molecule has 3 rings (SSSR count). The van der Waals surface area contributed by atoms with Gasteiger partial charge in [-0.2, -0.15) is 0 Å². The molecule has 0 saturated carbocycles. The molecule has 146 valence electrons. The number of aromatic nitrogens is 2. The van der Waals surface area contributed by atoms with Crippen molar-refractivity contribution in [3.63, 3.8) is 0 Å². The summed E-state index contributed by atoms with van der Waals surface area (Å²) in [5.41, 5.74) is 2.47. The van der Waals surface area contributed by atoms with E-state index in [-0.39, 0.29) is 11.9 Å². The standard InChI is InChI=1S/C20H27N3O3S/c1-6-26-20(25)17-15-8-7-11(2)9-16(15)27-19(17)22-18(24)13(4)23-10-12(3)21-14(23)5/h10-11,13H,6-9H2,1-5H3,(H,22,24)/t11-,13-/m1/s1. The fourth-order valence-electron chi connectivity index (χ4n) is 3.63. The maximum atomic E-state index is 12.9. The second-order valence-corrected chi connectivity index (χ2v) is 8.38. The lowest BCUT2D eigenvalue weighted by Crippen LogP contribution is -2.24. The topological polar surface area (TPSA) is 73.2 Å². The van der Waals surface area contributed by atoms with E-state index >= 15 is 0 Å². The van der Waals surface area contributed by atoms with Gasteiger partial charge in [-0.3, -0.25) is 4.79 Å². The molecule has 2 aromatic heterocycles. The number of aryl methyl sites for hydroxylation is 2. The minimum atomic E-state index is -0.417. The van der Waals surface area contributed by atoms with E-state index in [1.54, 1.807) is 6.92 Å². The van der Waals surface area contributed by atoms with E-state index < -0.39 is 6.04 Å². The predicted molar refractivity (Wildman–Crippen MR) is 107 cm³/mol. The van der Waals surface area contributed by atoms with Gasteiger partial charge in [0, 0.05) is 11.1 Å². The third kappa shape index (κ3) is 3.93. The van der Waals surface area contributed by atoms with Gasteiger partial charge in [0.25, 0.3) is 0 Å². The van der Waals surface area contributed by atoms with Gasteiger partial charge in [0.15, 0.2) is 0 Å². The van der Waals surface area contributed by atoms with Crippen molar-refractivity contribution in [3.8, 4) is 0 Å². The van der Waals surface area contributed by atoms with Crippen molar-refractivity contribution in [1.82, 2.24) is 9.55 Å². The highest BCUT2D eigenvalue weighted by atomic mass is 32.1. The molecule has 0 saturated heterocycles. The minimum absolute atomic E-state index is 0.160. The van der Waals surface area contributed by atoms with Gasteiger partial charge in [-0.15, -0.1) is 11.3 Å². The number of rotatable bonds is 5. The molecular formula is C20H27N3O3S. The first kappa shape index (κ1) is 19.6. The number of thiophene rings is 1. The summed E-state index contributed by atoms with van der Waals surface area (Å²) in [5, 5.41) is 3.60. The molecule has 6 nitrogen and oxygen atoms in total. The summed E-state index contributed by atoms with van der Waals surface area (Å²) in [7, 11) is 0. The number of nitrogens with one attached hydrogen (secondary N) is 1. The first-order valence-electron chi connectivity index (χ1n) is 9.46. The van der Waals surface area contributed by atoms with Crippen LogP contribution in [0.1, 0.15) is 65.6 Å². The van der Waals surface area contributed by atoms with E-state index in [0.717, 1.165) is 36.3 Å². The van der Waals surface area contributed by atoms with Crippen LogP contribution in [0.4, 0.5) is 5.00 Å². The fraction of sp³-hybridized carbons (Fsp3) is 0.550. The number of nitrogens with zero attached hydrogens (tertiary/aromatic N) is 2. The van der Waals surface area contributed by atoms with E-state index in [1.165, 1.54) is 16.2 Å². The van der Waals surface area contributed by atoms with Gasteiger partial charge in [-0.25, -0.2) is 9.78 Å². The van der Waals surface area contributed by atoms with Gasteiger partial charge < -0.3 is 14.6 Å². The summed E-state index contributed by atoms with van der Waals surface area (Å²) in [6.45, 7) is 9.95. The van der Waals surface area contributed by atoms with E-state index in [4.69, 9.17) is 4.74 Å². The van der Waals surface area contributed by atoms with E-state index in [9.17, 15) is 9.59 Å². The zero-order valence-electron chi connectivity index (χ0n) is 16.6. The van der Waals surface area contributed by atoms with E-state index in [2.05, 4.69) is 17.2 Å². The SMILES string of the molecule is CCOC(=O)c1c(NC(=O)[C@@H](C)n2cc(C)nc2C)sc2c1CC[C@@H](C)C2. The smallest absolute Gasteiger partial charge is 0.341 e. The van der Waals surface area contributed by atoms with Crippen molar-refractivity contribution >= 4 is 28.2 Å². The number of anilines is 1. The fourth-order valence-corrected chi connectivity index (χ4v) is 5.03. The van der Waals surface area contributed by atoms with E-state index in [1.807, 2.05) is 31.5 Å². The van der Waals surface area contributed by atoms with Crippen LogP contribution in [0.2, 0.25) is 0 Å². The van der Waals surface area contributed by atoms with Crippen LogP contribution in [0, 0.1) is 19.8 Å². The summed E-state index contributed by atoms with van der Waals surface area (Å²) < 4.78 is 7.12. The summed E-state index contributed by atoms with van der Waals surface area (Å²) in [6, 6.07) is -0.417. The maximum Gasteiger partial charge on any atom is 0.341 e. The largest absolute Gasteiger partial charge is 0.462 e. The highest BCUT2D eigenvalue weighted by molar-refractivity contribution is 7.17. The molecule has 7 heteroatoms. The Labute approximate surface area is 163 Å². The Hall–Kier alpha value is -2.15. The molecule has 0 bridgehead atoms. The first-order valence-corrected chi connectivity index (χ1v) is 10.3. The van der Waals surface area contributed by atoms with Crippen LogP contribution >= 0.6 is 11.3 Å². The predicted octanol–water partition coefficient (Wildman–Crippen LogP) is 4.06. The normalized spacial score (nSPS) is 17.3. The molecule has 1 aliphatic carbocycles. The maximum absolute atomic E-state index is 12.9. The average molecular weight is 390 g/mol. The molecule has 2 aromatic rings. The molecule has 2 heterocycles. The molecule has 0 aromatic carbocycles. The molecule has 27 heavy (non-hydrogen) atoms. The number of imidazole rings is 1. The molecule has 0 unspecified atom stereocenters. The monoisotopic (exact) mass is 389 g/mol. The Balaban J connectivity index is 1.90. The van der Waals surface area contributed by atoms with Crippen LogP contribution in [-0.4, -0.2) is 28.0 Å². The van der Waals surface area contributed by atoms with Crippen LogP contribution < -0.4 is 5.32 Å². The molecule has 1 amide bonds. The number of fused-ring (bicyclic) bond motifs is 1. The lowest BCUT2D eigenvalue weighted by molar-refractivity contribution is -0.118. The third-order valence-electron chi connectivity index (χ3n) is 5.06. The molecule has 1 aliphatic rings. The molecule has 0 spiro atoms. The van der Waals surface area contributed by atoms with Crippen molar-refractivity contribution in [2.24, 2.45) is 5.92 Å². The Bertz CT molecular complexity index is 868. The number of hydrogen-bond donors (Lipinski definition) is 1.